The van der Waals surface area contributed by atoms with Gasteiger partial charge in [-0.25, -0.2) is 18.1 Å². The first kappa shape index (κ1) is 18.4. The molecule has 1 aliphatic heterocycles. The number of nitrogens with zero attached hydrogens (tertiary/aromatic N) is 3. The summed E-state index contributed by atoms with van der Waals surface area (Å²) in [4.78, 5) is 6.19. The summed E-state index contributed by atoms with van der Waals surface area (Å²) >= 11 is 0. The first-order chi connectivity index (χ1) is 9.58. The van der Waals surface area contributed by atoms with Gasteiger partial charge in [-0.3, -0.25) is 4.90 Å². The van der Waals surface area contributed by atoms with Gasteiger partial charge in [0.05, 0.1) is 19.5 Å². The lowest BCUT2D eigenvalue weighted by atomic mass is 10.3. The monoisotopic (exact) mass is 338 g/mol. The zero-order valence-corrected chi connectivity index (χ0v) is 13.8. The highest BCUT2D eigenvalue weighted by Crippen LogP contribution is 2.04. The summed E-state index contributed by atoms with van der Waals surface area (Å²) in [6, 6.07) is 0. The third kappa shape index (κ3) is 5.91. The van der Waals surface area contributed by atoms with Crippen molar-refractivity contribution in [2.75, 3.05) is 39.4 Å². The number of hydrogen-bond donors (Lipinski definition) is 1. The number of hydrogen-bond acceptors (Lipinski definition) is 5. The molecule has 0 radical (unpaired) electrons. The van der Waals surface area contributed by atoms with Crippen molar-refractivity contribution in [3.63, 3.8) is 0 Å². The Labute approximate surface area is 132 Å². The molecule has 0 bridgehead atoms. The van der Waals surface area contributed by atoms with Crippen LogP contribution in [0.2, 0.25) is 0 Å². The Bertz CT molecular complexity index is 514. The van der Waals surface area contributed by atoms with Crippen LogP contribution in [0.3, 0.4) is 0 Å². The minimum Gasteiger partial charge on any atom is -0.379 e. The van der Waals surface area contributed by atoms with Gasteiger partial charge >= 0.3 is 0 Å². The number of rotatable bonds is 7. The van der Waals surface area contributed by atoms with Crippen LogP contribution in [0.4, 0.5) is 0 Å². The van der Waals surface area contributed by atoms with Gasteiger partial charge in [0.25, 0.3) is 10.0 Å². The Balaban J connectivity index is 0.00000220. The maximum atomic E-state index is 11.9. The molecule has 2 rings (SSSR count). The van der Waals surface area contributed by atoms with Crippen molar-refractivity contribution in [2.24, 2.45) is 7.05 Å². The molecule has 1 aromatic rings. The van der Waals surface area contributed by atoms with E-state index >= 15 is 0 Å². The van der Waals surface area contributed by atoms with E-state index in [1.807, 2.05) is 0 Å². The molecule has 0 amide bonds. The molecular weight excluding hydrogens is 316 g/mol. The maximum absolute atomic E-state index is 11.9. The van der Waals surface area contributed by atoms with Crippen molar-refractivity contribution >= 4 is 22.4 Å². The number of unbranched alkanes of at least 4 members (excludes halogenated alkanes) is 1. The highest BCUT2D eigenvalue weighted by Gasteiger charge is 2.16. The first-order valence-electron chi connectivity index (χ1n) is 6.86. The van der Waals surface area contributed by atoms with Crippen molar-refractivity contribution in [1.29, 1.82) is 0 Å². The molecule has 1 N–H and O–H groups in total. The van der Waals surface area contributed by atoms with Crippen LogP contribution in [0.5, 0.6) is 0 Å². The summed E-state index contributed by atoms with van der Waals surface area (Å²) in [5.41, 5.74) is 0. The molecule has 1 saturated heterocycles. The van der Waals surface area contributed by atoms with Crippen molar-refractivity contribution in [1.82, 2.24) is 19.2 Å². The molecule has 0 saturated carbocycles. The standard InChI is InChI=1S/C12H22N4O3S.ClH/c1-15-10-12(13-11-15)20(17,18)14-4-2-3-5-16-6-8-19-9-7-16;/h10-11,14H,2-9H2,1H3;1H. The van der Waals surface area contributed by atoms with E-state index in [1.165, 1.54) is 12.5 Å². The Morgan fingerprint density at radius 1 is 1.33 bits per heavy atom. The number of aryl methyl sites for hydroxylation is 1. The lowest BCUT2D eigenvalue weighted by Gasteiger charge is -2.26. The molecule has 1 aromatic heterocycles. The minimum atomic E-state index is -3.46. The molecule has 0 aromatic carbocycles. The Kier molecular flexibility index (Phi) is 7.61. The second kappa shape index (κ2) is 8.70. The zero-order valence-electron chi connectivity index (χ0n) is 12.2. The van der Waals surface area contributed by atoms with Gasteiger partial charge in [-0.15, -0.1) is 12.4 Å². The highest BCUT2D eigenvalue weighted by molar-refractivity contribution is 7.89. The SMILES string of the molecule is Cl.Cn1cnc(S(=O)(=O)NCCCCN2CCOCC2)c1. The summed E-state index contributed by atoms with van der Waals surface area (Å²) in [5.74, 6) is 0. The number of halogens is 1. The van der Waals surface area contributed by atoms with Crippen LogP contribution in [0, 0.1) is 0 Å². The summed E-state index contributed by atoms with van der Waals surface area (Å²) in [7, 11) is -1.72. The van der Waals surface area contributed by atoms with E-state index in [1.54, 1.807) is 11.6 Å². The molecule has 0 atom stereocenters. The number of imidazole rings is 1. The third-order valence-corrected chi connectivity index (χ3v) is 4.60. The number of nitrogens with one attached hydrogen (secondary N) is 1. The van der Waals surface area contributed by atoms with E-state index in [0.29, 0.717) is 6.54 Å². The van der Waals surface area contributed by atoms with Gasteiger partial charge in [-0.2, -0.15) is 0 Å². The summed E-state index contributed by atoms with van der Waals surface area (Å²) < 4.78 is 33.3. The molecule has 9 heteroatoms. The Morgan fingerprint density at radius 3 is 2.67 bits per heavy atom. The lowest BCUT2D eigenvalue weighted by Crippen LogP contribution is -2.37. The lowest BCUT2D eigenvalue weighted by molar-refractivity contribution is 0.0372. The summed E-state index contributed by atoms with van der Waals surface area (Å²) in [6.07, 6.45) is 4.78. The van der Waals surface area contributed by atoms with Crippen LogP contribution in [0.1, 0.15) is 12.8 Å². The van der Waals surface area contributed by atoms with Gasteiger partial charge in [-0.05, 0) is 19.4 Å². The average Bonchev–Trinajstić information content (AvgIpc) is 2.87. The van der Waals surface area contributed by atoms with Crippen LogP contribution >= 0.6 is 12.4 Å². The van der Waals surface area contributed by atoms with Gasteiger partial charge in [0.2, 0.25) is 0 Å². The largest absolute Gasteiger partial charge is 0.379 e. The van der Waals surface area contributed by atoms with E-state index < -0.39 is 10.0 Å². The van der Waals surface area contributed by atoms with Crippen LogP contribution in [-0.4, -0.2) is 62.3 Å². The zero-order chi connectivity index (χ0) is 14.4. The molecule has 122 valence electrons. The number of aromatic nitrogens is 2. The maximum Gasteiger partial charge on any atom is 0.259 e. The molecule has 1 aliphatic rings. The fourth-order valence-corrected chi connectivity index (χ4v) is 3.15. The Hall–Kier alpha value is -0.670. The summed E-state index contributed by atoms with van der Waals surface area (Å²) in [5, 5.41) is 0.0770. The molecule has 7 nitrogen and oxygen atoms in total. The van der Waals surface area contributed by atoms with E-state index in [9.17, 15) is 8.42 Å². The Morgan fingerprint density at radius 2 is 2.05 bits per heavy atom. The smallest absolute Gasteiger partial charge is 0.259 e. The normalized spacial score (nSPS) is 16.6. The quantitative estimate of drug-likeness (QED) is 0.720. The van der Waals surface area contributed by atoms with Crippen LogP contribution in [-0.2, 0) is 21.8 Å². The van der Waals surface area contributed by atoms with Gasteiger partial charge in [0.15, 0.2) is 5.03 Å². The predicted molar refractivity (Wildman–Crippen MR) is 82.1 cm³/mol. The first-order valence-corrected chi connectivity index (χ1v) is 8.34. The van der Waals surface area contributed by atoms with E-state index in [2.05, 4.69) is 14.6 Å². The fourth-order valence-electron chi connectivity index (χ4n) is 2.09. The number of ether oxygens (including phenoxy) is 1. The van der Waals surface area contributed by atoms with Crippen molar-refractivity contribution in [3.05, 3.63) is 12.5 Å². The van der Waals surface area contributed by atoms with E-state index in [0.717, 1.165) is 45.7 Å². The van der Waals surface area contributed by atoms with Gasteiger partial charge < -0.3 is 9.30 Å². The van der Waals surface area contributed by atoms with Crippen molar-refractivity contribution in [2.45, 2.75) is 17.9 Å². The van der Waals surface area contributed by atoms with Crippen molar-refractivity contribution < 1.29 is 13.2 Å². The minimum absolute atomic E-state index is 0. The molecule has 0 spiro atoms. The van der Waals surface area contributed by atoms with Crippen LogP contribution in [0.25, 0.3) is 0 Å². The average molecular weight is 339 g/mol. The van der Waals surface area contributed by atoms with Gasteiger partial charge in [0, 0.05) is 32.9 Å². The van der Waals surface area contributed by atoms with Gasteiger partial charge in [0.1, 0.15) is 0 Å². The molecule has 2 heterocycles. The van der Waals surface area contributed by atoms with E-state index in [-0.39, 0.29) is 17.4 Å². The van der Waals surface area contributed by atoms with Gasteiger partial charge in [-0.1, -0.05) is 0 Å². The molecular formula is C12H23ClN4O3S. The predicted octanol–water partition coefficient (Wildman–Crippen LogP) is 0.233. The highest BCUT2D eigenvalue weighted by atomic mass is 35.5. The topological polar surface area (TPSA) is 76.5 Å². The van der Waals surface area contributed by atoms with Crippen molar-refractivity contribution in [3.8, 4) is 0 Å². The summed E-state index contributed by atoms with van der Waals surface area (Å²) in [6.45, 7) is 4.98. The van der Waals surface area contributed by atoms with Crippen LogP contribution < -0.4 is 4.72 Å². The molecule has 0 aliphatic carbocycles. The molecule has 0 unspecified atom stereocenters. The molecule has 21 heavy (non-hydrogen) atoms. The van der Waals surface area contributed by atoms with E-state index in [4.69, 9.17) is 4.74 Å². The third-order valence-electron chi connectivity index (χ3n) is 3.25. The second-order valence-electron chi connectivity index (χ2n) is 4.94. The second-order valence-corrected chi connectivity index (χ2v) is 6.65. The fraction of sp³-hybridized carbons (Fsp3) is 0.750. The number of sulfonamides is 1. The van der Waals surface area contributed by atoms with Crippen LogP contribution in [0.15, 0.2) is 17.6 Å². The molecule has 1 fully saturated rings. The number of morpholine rings is 1.